The molecule has 0 aliphatic heterocycles. The molecular formula is C23H28Cl2N2O4. The summed E-state index contributed by atoms with van der Waals surface area (Å²) in [6.45, 7) is 5.97. The molecule has 0 bridgehead atoms. The maximum absolute atomic E-state index is 13.1. The van der Waals surface area contributed by atoms with Gasteiger partial charge in [0.1, 0.15) is 6.04 Å². The van der Waals surface area contributed by atoms with Crippen molar-refractivity contribution in [3.63, 3.8) is 0 Å². The van der Waals surface area contributed by atoms with Gasteiger partial charge in [-0.2, -0.15) is 0 Å². The van der Waals surface area contributed by atoms with Gasteiger partial charge in [0, 0.05) is 28.7 Å². The minimum atomic E-state index is -0.750. The van der Waals surface area contributed by atoms with Crippen LogP contribution in [0, 0.1) is 5.92 Å². The number of halogens is 2. The Labute approximate surface area is 193 Å². The first-order valence-electron chi connectivity index (χ1n) is 10.0. The molecule has 0 unspecified atom stereocenters. The van der Waals surface area contributed by atoms with Crippen LogP contribution in [0.4, 0.5) is 0 Å². The standard InChI is InChI=1S/C23H28Cl2N2O4/c1-15(2)12-26-23(29)16(3)27(13-17-18(24)8-7-9-19(17)25)22(28)14-31-21-11-6-5-10-20(21)30-4/h5-11,15-16H,12-14H2,1-4H3,(H,26,29)/t16-/m0/s1. The van der Waals surface area contributed by atoms with E-state index in [2.05, 4.69) is 5.32 Å². The van der Waals surface area contributed by atoms with Crippen molar-refractivity contribution < 1.29 is 19.1 Å². The maximum atomic E-state index is 13.1. The fourth-order valence-corrected chi connectivity index (χ4v) is 3.37. The summed E-state index contributed by atoms with van der Waals surface area (Å²) >= 11 is 12.6. The Morgan fingerprint density at radius 3 is 2.19 bits per heavy atom. The van der Waals surface area contributed by atoms with Crippen molar-refractivity contribution in [1.82, 2.24) is 10.2 Å². The predicted octanol–water partition coefficient (Wildman–Crippen LogP) is 4.57. The Kier molecular flexibility index (Phi) is 9.46. The van der Waals surface area contributed by atoms with E-state index >= 15 is 0 Å². The molecule has 0 heterocycles. The van der Waals surface area contributed by atoms with Gasteiger partial charge in [0.2, 0.25) is 5.91 Å². The smallest absolute Gasteiger partial charge is 0.261 e. The van der Waals surface area contributed by atoms with Crippen LogP contribution in [0.2, 0.25) is 10.0 Å². The first kappa shape index (κ1) is 24.8. The Morgan fingerprint density at radius 2 is 1.61 bits per heavy atom. The topological polar surface area (TPSA) is 67.9 Å². The summed E-state index contributed by atoms with van der Waals surface area (Å²) < 4.78 is 10.9. The fraction of sp³-hybridized carbons (Fsp3) is 0.391. The molecule has 0 radical (unpaired) electrons. The zero-order valence-corrected chi connectivity index (χ0v) is 19.7. The van der Waals surface area contributed by atoms with Crippen molar-refractivity contribution in [2.24, 2.45) is 5.92 Å². The summed E-state index contributed by atoms with van der Waals surface area (Å²) in [6, 6.07) is 11.4. The SMILES string of the molecule is COc1ccccc1OCC(=O)N(Cc1c(Cl)cccc1Cl)[C@@H](C)C(=O)NCC(C)C. The predicted molar refractivity (Wildman–Crippen MR) is 123 cm³/mol. The van der Waals surface area contributed by atoms with Crippen LogP contribution in [-0.4, -0.2) is 43.0 Å². The summed E-state index contributed by atoms with van der Waals surface area (Å²) in [7, 11) is 1.52. The molecule has 2 rings (SSSR count). The molecule has 1 N–H and O–H groups in total. The van der Waals surface area contributed by atoms with E-state index in [4.69, 9.17) is 32.7 Å². The maximum Gasteiger partial charge on any atom is 0.261 e. The monoisotopic (exact) mass is 466 g/mol. The summed E-state index contributed by atoms with van der Waals surface area (Å²) in [6.07, 6.45) is 0. The molecule has 6 nitrogen and oxygen atoms in total. The number of rotatable bonds is 10. The number of hydrogen-bond acceptors (Lipinski definition) is 4. The van der Waals surface area contributed by atoms with E-state index in [-0.39, 0.29) is 30.9 Å². The summed E-state index contributed by atoms with van der Waals surface area (Å²) in [4.78, 5) is 27.2. The van der Waals surface area contributed by atoms with Gasteiger partial charge in [-0.25, -0.2) is 0 Å². The van der Waals surface area contributed by atoms with Crippen molar-refractivity contribution in [2.45, 2.75) is 33.4 Å². The lowest BCUT2D eigenvalue weighted by molar-refractivity contribution is -0.142. The molecule has 8 heteroatoms. The van der Waals surface area contributed by atoms with Gasteiger partial charge in [0.25, 0.3) is 5.91 Å². The Morgan fingerprint density at radius 1 is 1.00 bits per heavy atom. The highest BCUT2D eigenvalue weighted by Gasteiger charge is 2.28. The third-order valence-electron chi connectivity index (χ3n) is 4.66. The van der Waals surface area contributed by atoms with Crippen LogP contribution >= 0.6 is 23.2 Å². The van der Waals surface area contributed by atoms with E-state index in [1.807, 2.05) is 13.8 Å². The van der Waals surface area contributed by atoms with Crippen LogP contribution in [0.3, 0.4) is 0 Å². The first-order chi connectivity index (χ1) is 14.7. The number of hydrogen-bond donors (Lipinski definition) is 1. The van der Waals surface area contributed by atoms with Gasteiger partial charge in [-0.15, -0.1) is 0 Å². The molecule has 2 aromatic rings. The number of para-hydroxylation sites is 2. The van der Waals surface area contributed by atoms with Gasteiger partial charge in [0.15, 0.2) is 18.1 Å². The van der Waals surface area contributed by atoms with Crippen LogP contribution in [0.1, 0.15) is 26.3 Å². The van der Waals surface area contributed by atoms with Gasteiger partial charge in [-0.1, -0.05) is 55.2 Å². The Bertz CT molecular complexity index is 885. The number of amides is 2. The third-order valence-corrected chi connectivity index (χ3v) is 5.37. The van der Waals surface area contributed by atoms with Gasteiger partial charge in [-0.05, 0) is 37.1 Å². The molecule has 0 aliphatic carbocycles. The van der Waals surface area contributed by atoms with E-state index in [9.17, 15) is 9.59 Å². The largest absolute Gasteiger partial charge is 0.493 e. The number of methoxy groups -OCH3 is 1. The average molecular weight is 467 g/mol. The first-order valence-corrected chi connectivity index (χ1v) is 10.8. The molecule has 2 amide bonds. The molecule has 31 heavy (non-hydrogen) atoms. The summed E-state index contributed by atoms with van der Waals surface area (Å²) in [5.41, 5.74) is 0.569. The van der Waals surface area contributed by atoms with Gasteiger partial charge in [0.05, 0.1) is 7.11 Å². The molecule has 0 fully saturated rings. The minimum absolute atomic E-state index is 0.0723. The number of carbonyl (C=O) groups excluding carboxylic acids is 2. The zero-order chi connectivity index (χ0) is 23.0. The second kappa shape index (κ2) is 11.8. The highest BCUT2D eigenvalue weighted by atomic mass is 35.5. The van der Waals surface area contributed by atoms with E-state index in [1.165, 1.54) is 12.0 Å². The van der Waals surface area contributed by atoms with Crippen LogP contribution < -0.4 is 14.8 Å². The van der Waals surface area contributed by atoms with Crippen LogP contribution in [0.25, 0.3) is 0 Å². The molecule has 0 aliphatic rings. The van der Waals surface area contributed by atoms with Crippen molar-refractivity contribution in [3.8, 4) is 11.5 Å². The number of nitrogens with zero attached hydrogens (tertiary/aromatic N) is 1. The van der Waals surface area contributed by atoms with Crippen LogP contribution in [0.5, 0.6) is 11.5 Å². The molecule has 0 saturated heterocycles. The highest BCUT2D eigenvalue weighted by molar-refractivity contribution is 6.36. The number of ether oxygens (including phenoxy) is 2. The average Bonchev–Trinajstić information content (AvgIpc) is 2.75. The van der Waals surface area contributed by atoms with E-state index in [1.54, 1.807) is 49.4 Å². The molecule has 0 saturated carbocycles. The molecule has 0 spiro atoms. The Hall–Kier alpha value is -2.44. The van der Waals surface area contributed by atoms with E-state index < -0.39 is 6.04 Å². The molecule has 0 aromatic heterocycles. The molecule has 2 aromatic carbocycles. The molecule has 1 atom stereocenters. The number of benzene rings is 2. The summed E-state index contributed by atoms with van der Waals surface area (Å²) in [5, 5.41) is 3.71. The van der Waals surface area contributed by atoms with E-state index in [0.29, 0.717) is 33.7 Å². The van der Waals surface area contributed by atoms with Crippen molar-refractivity contribution in [3.05, 3.63) is 58.1 Å². The molecular weight excluding hydrogens is 439 g/mol. The second-order valence-electron chi connectivity index (χ2n) is 7.48. The van der Waals surface area contributed by atoms with Gasteiger partial charge >= 0.3 is 0 Å². The lowest BCUT2D eigenvalue weighted by atomic mass is 10.1. The van der Waals surface area contributed by atoms with Gasteiger partial charge in [-0.3, -0.25) is 9.59 Å². The lowest BCUT2D eigenvalue weighted by Gasteiger charge is -2.29. The van der Waals surface area contributed by atoms with Crippen molar-refractivity contribution in [1.29, 1.82) is 0 Å². The van der Waals surface area contributed by atoms with Crippen molar-refractivity contribution in [2.75, 3.05) is 20.3 Å². The number of nitrogens with one attached hydrogen (secondary N) is 1. The quantitative estimate of drug-likeness (QED) is 0.556. The van der Waals surface area contributed by atoms with Crippen molar-refractivity contribution >= 4 is 35.0 Å². The van der Waals surface area contributed by atoms with Crippen LogP contribution in [0.15, 0.2) is 42.5 Å². The zero-order valence-electron chi connectivity index (χ0n) is 18.2. The normalized spacial score (nSPS) is 11.7. The second-order valence-corrected chi connectivity index (χ2v) is 8.29. The highest BCUT2D eigenvalue weighted by Crippen LogP contribution is 2.28. The van der Waals surface area contributed by atoms with Crippen LogP contribution in [-0.2, 0) is 16.1 Å². The Balaban J connectivity index is 2.23. The third kappa shape index (κ3) is 7.04. The van der Waals surface area contributed by atoms with E-state index in [0.717, 1.165) is 0 Å². The summed E-state index contributed by atoms with van der Waals surface area (Å²) in [5.74, 6) is 0.591. The number of carbonyl (C=O) groups is 2. The lowest BCUT2D eigenvalue weighted by Crippen LogP contribution is -2.49. The minimum Gasteiger partial charge on any atom is -0.493 e. The van der Waals surface area contributed by atoms with Gasteiger partial charge < -0.3 is 19.7 Å². The molecule has 168 valence electrons. The fourth-order valence-electron chi connectivity index (χ4n) is 2.85.